The molecule has 94 valence electrons. The molecule has 0 unspecified atom stereocenters. The zero-order valence-electron chi connectivity index (χ0n) is 9.58. The maximum Gasteiger partial charge on any atom is 0.211 e. The number of halogens is 1. The van der Waals surface area contributed by atoms with Gasteiger partial charge in [0, 0.05) is 5.56 Å². The van der Waals surface area contributed by atoms with Crippen molar-refractivity contribution >= 4 is 24.6 Å². The van der Waals surface area contributed by atoms with Crippen LogP contribution in [0.25, 0.3) is 0 Å². The number of benzene rings is 1. The van der Waals surface area contributed by atoms with E-state index in [-0.39, 0.29) is 18.4 Å². The van der Waals surface area contributed by atoms with Gasteiger partial charge in [0.2, 0.25) is 5.96 Å². The van der Waals surface area contributed by atoms with E-state index in [1.54, 1.807) is 20.3 Å². The van der Waals surface area contributed by atoms with E-state index in [4.69, 9.17) is 20.9 Å². The Morgan fingerprint density at radius 3 is 2.47 bits per heavy atom. The summed E-state index contributed by atoms with van der Waals surface area (Å²) in [4.78, 5) is 0. The molecule has 1 rings (SSSR count). The SMILES string of the molecule is COc1cccc(C=NN=C(N)N)c1OC.Cl. The number of ether oxygens (including phenoxy) is 2. The summed E-state index contributed by atoms with van der Waals surface area (Å²) in [5.41, 5.74) is 11.0. The van der Waals surface area contributed by atoms with Gasteiger partial charge in [-0.15, -0.1) is 17.5 Å². The molecule has 0 heterocycles. The van der Waals surface area contributed by atoms with Gasteiger partial charge < -0.3 is 20.9 Å². The first-order chi connectivity index (χ1) is 7.69. The van der Waals surface area contributed by atoms with Gasteiger partial charge in [-0.1, -0.05) is 6.07 Å². The summed E-state index contributed by atoms with van der Waals surface area (Å²) in [6, 6.07) is 5.42. The fourth-order valence-corrected chi connectivity index (χ4v) is 1.17. The molecule has 4 N–H and O–H groups in total. The lowest BCUT2D eigenvalue weighted by Gasteiger charge is -2.08. The topological polar surface area (TPSA) is 95.2 Å². The highest BCUT2D eigenvalue weighted by molar-refractivity contribution is 5.86. The molecule has 7 heteroatoms. The van der Waals surface area contributed by atoms with E-state index in [9.17, 15) is 0 Å². The van der Waals surface area contributed by atoms with Gasteiger partial charge in [-0.25, -0.2) is 0 Å². The molecule has 0 aliphatic rings. The van der Waals surface area contributed by atoms with Gasteiger partial charge in [-0.05, 0) is 12.1 Å². The molecule has 0 aromatic heterocycles. The van der Waals surface area contributed by atoms with Gasteiger partial charge in [0.05, 0.1) is 20.4 Å². The molecule has 0 amide bonds. The van der Waals surface area contributed by atoms with Crippen molar-refractivity contribution in [2.24, 2.45) is 21.7 Å². The van der Waals surface area contributed by atoms with Crippen LogP contribution in [0.2, 0.25) is 0 Å². The van der Waals surface area contributed by atoms with Crippen LogP contribution < -0.4 is 20.9 Å². The van der Waals surface area contributed by atoms with Crippen LogP contribution in [-0.2, 0) is 0 Å². The van der Waals surface area contributed by atoms with E-state index in [1.165, 1.54) is 6.21 Å². The number of para-hydroxylation sites is 1. The third-order valence-electron chi connectivity index (χ3n) is 1.80. The lowest BCUT2D eigenvalue weighted by molar-refractivity contribution is 0.354. The second-order valence-electron chi connectivity index (χ2n) is 2.85. The number of guanidine groups is 1. The average molecular weight is 259 g/mol. The molecule has 6 nitrogen and oxygen atoms in total. The monoisotopic (exact) mass is 258 g/mol. The molecule has 1 aromatic carbocycles. The number of nitrogens with two attached hydrogens (primary N) is 2. The first-order valence-corrected chi connectivity index (χ1v) is 4.52. The summed E-state index contributed by atoms with van der Waals surface area (Å²) in [6.45, 7) is 0. The van der Waals surface area contributed by atoms with Crippen LogP contribution in [0.1, 0.15) is 5.56 Å². The number of nitrogens with zero attached hydrogens (tertiary/aromatic N) is 2. The summed E-state index contributed by atoms with van der Waals surface area (Å²) in [5.74, 6) is 1.11. The van der Waals surface area contributed by atoms with Crippen LogP contribution >= 0.6 is 12.4 Å². The van der Waals surface area contributed by atoms with Gasteiger partial charge in [-0.3, -0.25) is 0 Å². The van der Waals surface area contributed by atoms with Gasteiger partial charge in [-0.2, -0.15) is 5.10 Å². The maximum atomic E-state index is 5.20. The Hall–Kier alpha value is -1.95. The Morgan fingerprint density at radius 1 is 1.24 bits per heavy atom. The smallest absolute Gasteiger partial charge is 0.211 e. The summed E-state index contributed by atoms with van der Waals surface area (Å²) >= 11 is 0. The summed E-state index contributed by atoms with van der Waals surface area (Å²) in [6.07, 6.45) is 1.49. The number of methoxy groups -OCH3 is 2. The third kappa shape index (κ3) is 4.20. The Balaban J connectivity index is 0.00000256. The predicted octanol–water partition coefficient (Wildman–Crippen LogP) is 0.733. The normalized spacial score (nSPS) is 9.53. The maximum absolute atomic E-state index is 5.20. The fraction of sp³-hybridized carbons (Fsp3) is 0.200. The Kier molecular flexibility index (Phi) is 6.50. The van der Waals surface area contributed by atoms with Crippen molar-refractivity contribution in [3.8, 4) is 11.5 Å². The minimum absolute atomic E-state index is 0. The highest BCUT2D eigenvalue weighted by Crippen LogP contribution is 2.29. The van der Waals surface area contributed by atoms with E-state index in [2.05, 4.69) is 10.2 Å². The van der Waals surface area contributed by atoms with E-state index >= 15 is 0 Å². The molecule has 0 spiro atoms. The van der Waals surface area contributed by atoms with E-state index < -0.39 is 0 Å². The molecule has 0 radical (unpaired) electrons. The van der Waals surface area contributed by atoms with Gasteiger partial charge in [0.15, 0.2) is 11.5 Å². The zero-order valence-corrected chi connectivity index (χ0v) is 10.4. The van der Waals surface area contributed by atoms with E-state index in [1.807, 2.05) is 12.1 Å². The molecule has 0 saturated heterocycles. The molecule has 0 fully saturated rings. The zero-order chi connectivity index (χ0) is 12.0. The van der Waals surface area contributed by atoms with Crippen molar-refractivity contribution in [3.63, 3.8) is 0 Å². The molecular formula is C10H15ClN4O2. The molecule has 0 aliphatic heterocycles. The molecule has 0 bridgehead atoms. The van der Waals surface area contributed by atoms with Crippen LogP contribution in [0, 0.1) is 0 Å². The van der Waals surface area contributed by atoms with Crippen LogP contribution in [0.3, 0.4) is 0 Å². The van der Waals surface area contributed by atoms with Gasteiger partial charge in [0.1, 0.15) is 0 Å². The summed E-state index contributed by atoms with van der Waals surface area (Å²) in [7, 11) is 3.12. The largest absolute Gasteiger partial charge is 0.493 e. The standard InChI is InChI=1S/C10H14N4O2.ClH/c1-15-8-5-3-4-7(9(8)16-2)6-13-14-10(11)12;/h3-6H,1-2H3,(H4,11,12,14);1H. The Morgan fingerprint density at radius 2 is 1.94 bits per heavy atom. The second kappa shape index (κ2) is 7.34. The highest BCUT2D eigenvalue weighted by atomic mass is 35.5. The lowest BCUT2D eigenvalue weighted by Crippen LogP contribution is -2.21. The number of hydrogen-bond donors (Lipinski definition) is 2. The van der Waals surface area contributed by atoms with Crippen molar-refractivity contribution in [1.29, 1.82) is 0 Å². The van der Waals surface area contributed by atoms with Crippen LogP contribution in [0.5, 0.6) is 11.5 Å². The minimum atomic E-state index is -0.0990. The third-order valence-corrected chi connectivity index (χ3v) is 1.80. The van der Waals surface area contributed by atoms with Crippen molar-refractivity contribution in [3.05, 3.63) is 23.8 Å². The quantitative estimate of drug-likeness (QED) is 0.473. The van der Waals surface area contributed by atoms with Crippen LogP contribution in [-0.4, -0.2) is 26.4 Å². The first kappa shape index (κ1) is 15.0. The Labute approximate surface area is 106 Å². The average Bonchev–Trinajstić information content (AvgIpc) is 2.28. The molecule has 0 saturated carbocycles. The van der Waals surface area contributed by atoms with Crippen LogP contribution in [0.15, 0.2) is 28.4 Å². The molecular weight excluding hydrogens is 244 g/mol. The van der Waals surface area contributed by atoms with Gasteiger partial charge in [0.25, 0.3) is 0 Å². The lowest BCUT2D eigenvalue weighted by atomic mass is 10.2. The van der Waals surface area contributed by atoms with Crippen molar-refractivity contribution in [2.75, 3.05) is 14.2 Å². The Bertz CT molecular complexity index is 417. The van der Waals surface area contributed by atoms with E-state index in [0.717, 1.165) is 5.56 Å². The molecule has 0 atom stereocenters. The van der Waals surface area contributed by atoms with Crippen molar-refractivity contribution < 1.29 is 9.47 Å². The molecule has 1 aromatic rings. The summed E-state index contributed by atoms with van der Waals surface area (Å²) in [5, 5.41) is 7.20. The first-order valence-electron chi connectivity index (χ1n) is 4.52. The van der Waals surface area contributed by atoms with Crippen LogP contribution in [0.4, 0.5) is 0 Å². The fourth-order valence-electron chi connectivity index (χ4n) is 1.17. The minimum Gasteiger partial charge on any atom is -0.493 e. The van der Waals surface area contributed by atoms with Gasteiger partial charge >= 0.3 is 0 Å². The van der Waals surface area contributed by atoms with E-state index in [0.29, 0.717) is 11.5 Å². The van der Waals surface area contributed by atoms with Crippen molar-refractivity contribution in [1.82, 2.24) is 0 Å². The number of rotatable bonds is 4. The molecule has 0 aliphatic carbocycles. The number of hydrogen-bond acceptors (Lipinski definition) is 4. The highest BCUT2D eigenvalue weighted by Gasteiger charge is 2.06. The van der Waals surface area contributed by atoms with Crippen molar-refractivity contribution in [2.45, 2.75) is 0 Å². The summed E-state index contributed by atoms with van der Waals surface area (Å²) < 4.78 is 10.3. The predicted molar refractivity (Wildman–Crippen MR) is 70.2 cm³/mol. The second-order valence-corrected chi connectivity index (χ2v) is 2.85. The molecule has 17 heavy (non-hydrogen) atoms.